The molecule has 2 amide bonds. The molecule has 2 atom stereocenters. The van der Waals surface area contributed by atoms with Crippen LogP contribution in [-0.4, -0.2) is 44.0 Å². The molecule has 1 fully saturated rings. The first-order valence-electron chi connectivity index (χ1n) is 11.4. The highest BCUT2D eigenvalue weighted by atomic mass is 16.5. The molecule has 0 bridgehead atoms. The number of hydrogen-bond donors (Lipinski definition) is 1. The topological polar surface area (TPSA) is 67.9 Å². The van der Waals surface area contributed by atoms with E-state index in [4.69, 9.17) is 9.47 Å². The van der Waals surface area contributed by atoms with E-state index in [-0.39, 0.29) is 17.7 Å². The second kappa shape index (κ2) is 10.4. The lowest BCUT2D eigenvalue weighted by Gasteiger charge is -2.21. The maximum absolute atomic E-state index is 13.4. The van der Waals surface area contributed by atoms with E-state index in [1.807, 2.05) is 79.7 Å². The van der Waals surface area contributed by atoms with Crippen LogP contribution in [0.4, 0.5) is 0 Å². The summed E-state index contributed by atoms with van der Waals surface area (Å²) < 4.78 is 11.1. The molecule has 1 saturated heterocycles. The maximum atomic E-state index is 13.4. The fourth-order valence-corrected chi connectivity index (χ4v) is 4.47. The number of hydrogen-bond acceptors (Lipinski definition) is 4. The average molecular weight is 459 g/mol. The summed E-state index contributed by atoms with van der Waals surface area (Å²) in [5.74, 6) is 0.552. The molecule has 0 saturated carbocycles. The van der Waals surface area contributed by atoms with Crippen LogP contribution in [0.2, 0.25) is 0 Å². The van der Waals surface area contributed by atoms with Crippen molar-refractivity contribution < 1.29 is 19.1 Å². The van der Waals surface area contributed by atoms with Gasteiger partial charge in [-0.1, -0.05) is 48.0 Å². The van der Waals surface area contributed by atoms with Gasteiger partial charge in [-0.3, -0.25) is 9.59 Å². The van der Waals surface area contributed by atoms with Crippen molar-refractivity contribution >= 4 is 11.8 Å². The number of likely N-dealkylation sites (tertiary alicyclic amines) is 1. The first kappa shape index (κ1) is 23.4. The van der Waals surface area contributed by atoms with Gasteiger partial charge in [0.2, 0.25) is 5.91 Å². The smallest absolute Gasteiger partial charge is 0.253 e. The van der Waals surface area contributed by atoms with Gasteiger partial charge in [0.15, 0.2) is 0 Å². The van der Waals surface area contributed by atoms with E-state index >= 15 is 0 Å². The summed E-state index contributed by atoms with van der Waals surface area (Å²) in [6, 6.07) is 22.9. The largest absolute Gasteiger partial charge is 0.497 e. The fourth-order valence-electron chi connectivity index (χ4n) is 4.47. The Hall–Kier alpha value is -3.80. The van der Waals surface area contributed by atoms with Crippen molar-refractivity contribution in [1.82, 2.24) is 10.2 Å². The average Bonchev–Trinajstić information content (AvgIpc) is 3.33. The lowest BCUT2D eigenvalue weighted by molar-refractivity contribution is -0.125. The van der Waals surface area contributed by atoms with Gasteiger partial charge in [-0.2, -0.15) is 0 Å². The minimum absolute atomic E-state index is 0.0785. The van der Waals surface area contributed by atoms with Gasteiger partial charge in [0.05, 0.1) is 20.1 Å². The summed E-state index contributed by atoms with van der Waals surface area (Å²) in [6.45, 7) is 3.17. The standard InChI is InChI=1S/C28H30N2O4/c1-19-9-11-21(12-10-19)28(32)30-17-24(23-15-22(33-2)13-14-26(23)34-3)25(18-30)27(31)29-16-20-7-5-4-6-8-20/h4-15,24-25H,16-18H2,1-3H3,(H,29,31)/t24-,25+/m0/s1. The van der Waals surface area contributed by atoms with Crippen LogP contribution < -0.4 is 14.8 Å². The molecule has 6 nitrogen and oxygen atoms in total. The monoisotopic (exact) mass is 458 g/mol. The zero-order chi connectivity index (χ0) is 24.1. The molecule has 176 valence electrons. The summed E-state index contributed by atoms with van der Waals surface area (Å²) in [4.78, 5) is 28.4. The molecule has 3 aromatic rings. The van der Waals surface area contributed by atoms with Crippen LogP contribution in [0.5, 0.6) is 11.5 Å². The molecule has 6 heteroatoms. The van der Waals surface area contributed by atoms with Gasteiger partial charge >= 0.3 is 0 Å². The molecule has 1 aliphatic rings. The van der Waals surface area contributed by atoms with Crippen molar-refractivity contribution in [2.24, 2.45) is 5.92 Å². The first-order valence-corrected chi connectivity index (χ1v) is 11.4. The summed E-state index contributed by atoms with van der Waals surface area (Å²) in [5.41, 5.74) is 3.60. The van der Waals surface area contributed by atoms with E-state index in [0.717, 1.165) is 16.7 Å². The Balaban J connectivity index is 1.62. The molecular formula is C28H30N2O4. The molecule has 34 heavy (non-hydrogen) atoms. The van der Waals surface area contributed by atoms with Gasteiger partial charge < -0.3 is 19.7 Å². The summed E-state index contributed by atoms with van der Waals surface area (Å²) in [5, 5.41) is 3.06. The predicted molar refractivity (Wildman–Crippen MR) is 131 cm³/mol. The van der Waals surface area contributed by atoms with Crippen molar-refractivity contribution in [3.63, 3.8) is 0 Å². The third kappa shape index (κ3) is 5.06. The predicted octanol–water partition coefficient (Wildman–Crippen LogP) is 4.18. The molecule has 1 N–H and O–H groups in total. The number of aryl methyl sites for hydroxylation is 1. The van der Waals surface area contributed by atoms with Gasteiger partial charge in [-0.05, 0) is 42.8 Å². The van der Waals surface area contributed by atoms with E-state index in [1.165, 1.54) is 0 Å². The Labute approximate surface area is 200 Å². The van der Waals surface area contributed by atoms with Gasteiger partial charge in [-0.25, -0.2) is 0 Å². The Morgan fingerprint density at radius 3 is 2.35 bits per heavy atom. The van der Waals surface area contributed by atoms with Crippen LogP contribution in [0.15, 0.2) is 72.8 Å². The van der Waals surface area contributed by atoms with E-state index in [1.54, 1.807) is 19.1 Å². The summed E-state index contributed by atoms with van der Waals surface area (Å²) in [6.07, 6.45) is 0. The highest BCUT2D eigenvalue weighted by Gasteiger charge is 2.41. The van der Waals surface area contributed by atoms with Crippen molar-refractivity contribution in [1.29, 1.82) is 0 Å². The van der Waals surface area contributed by atoms with Gasteiger partial charge in [-0.15, -0.1) is 0 Å². The van der Waals surface area contributed by atoms with Crippen molar-refractivity contribution in [2.45, 2.75) is 19.4 Å². The number of benzene rings is 3. The van der Waals surface area contributed by atoms with E-state index in [2.05, 4.69) is 5.32 Å². The lowest BCUT2D eigenvalue weighted by Crippen LogP contribution is -2.35. The highest BCUT2D eigenvalue weighted by molar-refractivity contribution is 5.95. The fraction of sp³-hybridized carbons (Fsp3) is 0.286. The number of amides is 2. The number of ether oxygens (including phenoxy) is 2. The zero-order valence-corrected chi connectivity index (χ0v) is 19.8. The number of nitrogens with zero attached hydrogens (tertiary/aromatic N) is 1. The minimum Gasteiger partial charge on any atom is -0.497 e. The van der Waals surface area contributed by atoms with Crippen LogP contribution in [-0.2, 0) is 11.3 Å². The molecule has 3 aromatic carbocycles. The molecule has 0 radical (unpaired) electrons. The van der Waals surface area contributed by atoms with E-state index in [0.29, 0.717) is 36.7 Å². The van der Waals surface area contributed by atoms with E-state index < -0.39 is 5.92 Å². The minimum atomic E-state index is -0.417. The van der Waals surface area contributed by atoms with Crippen molar-refractivity contribution in [2.75, 3.05) is 27.3 Å². The Morgan fingerprint density at radius 2 is 1.68 bits per heavy atom. The molecule has 0 aliphatic carbocycles. The van der Waals surface area contributed by atoms with Gasteiger partial charge in [0.25, 0.3) is 5.91 Å². The van der Waals surface area contributed by atoms with E-state index in [9.17, 15) is 9.59 Å². The molecule has 4 rings (SSSR count). The molecule has 0 spiro atoms. The zero-order valence-electron chi connectivity index (χ0n) is 19.8. The van der Waals surface area contributed by atoms with Gasteiger partial charge in [0, 0.05) is 36.7 Å². The van der Waals surface area contributed by atoms with Gasteiger partial charge in [0.1, 0.15) is 11.5 Å². The van der Waals surface area contributed by atoms with Crippen LogP contribution in [0.25, 0.3) is 0 Å². The quantitative estimate of drug-likeness (QED) is 0.577. The Morgan fingerprint density at radius 1 is 0.941 bits per heavy atom. The number of rotatable bonds is 7. The van der Waals surface area contributed by atoms with Crippen molar-refractivity contribution in [3.05, 3.63) is 95.1 Å². The normalized spacial score (nSPS) is 17.3. The number of carbonyl (C=O) groups excluding carboxylic acids is 2. The number of methoxy groups -OCH3 is 2. The molecule has 0 aromatic heterocycles. The van der Waals surface area contributed by atoms with Crippen molar-refractivity contribution in [3.8, 4) is 11.5 Å². The van der Waals surface area contributed by atoms with Crippen LogP contribution in [0.1, 0.15) is 33.0 Å². The molecule has 0 unspecified atom stereocenters. The summed E-state index contributed by atoms with van der Waals surface area (Å²) in [7, 11) is 3.22. The Bertz CT molecular complexity index is 1140. The second-order valence-electron chi connectivity index (χ2n) is 8.60. The highest BCUT2D eigenvalue weighted by Crippen LogP contribution is 2.40. The lowest BCUT2D eigenvalue weighted by atomic mass is 9.87. The summed E-state index contributed by atoms with van der Waals surface area (Å²) >= 11 is 0. The third-order valence-corrected chi connectivity index (χ3v) is 6.39. The van der Waals surface area contributed by atoms with Crippen LogP contribution >= 0.6 is 0 Å². The first-order chi connectivity index (χ1) is 16.5. The SMILES string of the molecule is COc1ccc(OC)c([C@@H]2CN(C(=O)c3ccc(C)cc3)C[C@H]2C(=O)NCc2ccccc2)c1. The number of carbonyl (C=O) groups is 2. The Kier molecular flexibility index (Phi) is 7.16. The number of nitrogens with one attached hydrogen (secondary N) is 1. The third-order valence-electron chi connectivity index (χ3n) is 6.39. The van der Waals surface area contributed by atoms with Crippen LogP contribution in [0, 0.1) is 12.8 Å². The maximum Gasteiger partial charge on any atom is 0.253 e. The molecule has 1 heterocycles. The van der Waals surface area contributed by atoms with Crippen LogP contribution in [0.3, 0.4) is 0 Å². The second-order valence-corrected chi connectivity index (χ2v) is 8.60. The molecular weight excluding hydrogens is 428 g/mol. The molecule has 1 aliphatic heterocycles.